The molecule has 1 aromatic carbocycles. The van der Waals surface area contributed by atoms with E-state index in [1.165, 1.54) is 0 Å². The quantitative estimate of drug-likeness (QED) is 0.629. The summed E-state index contributed by atoms with van der Waals surface area (Å²) in [5, 5.41) is 5.54. The van der Waals surface area contributed by atoms with E-state index >= 15 is 0 Å². The van der Waals surface area contributed by atoms with Crippen LogP contribution in [0, 0.1) is 0 Å². The molecule has 3 heterocycles. The number of nitrogen functional groups attached to an aromatic ring is 1. The molecule has 0 fully saturated rings. The summed E-state index contributed by atoms with van der Waals surface area (Å²) in [5.74, 6) is 1.04. The van der Waals surface area contributed by atoms with Gasteiger partial charge in [-0.05, 0) is 23.8 Å². The number of rotatable bonds is 3. The Morgan fingerprint density at radius 2 is 2.13 bits per heavy atom. The van der Waals surface area contributed by atoms with E-state index in [0.717, 1.165) is 27.7 Å². The smallest absolute Gasteiger partial charge is 0.222 e. The highest BCUT2D eigenvalue weighted by atomic mass is 16.5. The van der Waals surface area contributed by atoms with Gasteiger partial charge in [0.15, 0.2) is 0 Å². The van der Waals surface area contributed by atoms with Crippen LogP contribution in [0.2, 0.25) is 0 Å². The number of aromatic nitrogens is 4. The minimum Gasteiger partial charge on any atom is -0.494 e. The van der Waals surface area contributed by atoms with Crippen molar-refractivity contribution in [3.63, 3.8) is 0 Å². The molecule has 2 N–H and O–H groups in total. The first kappa shape index (κ1) is 13.5. The van der Waals surface area contributed by atoms with Gasteiger partial charge < -0.3 is 10.5 Å². The van der Waals surface area contributed by atoms with Crippen molar-refractivity contribution in [1.82, 2.24) is 19.6 Å². The van der Waals surface area contributed by atoms with Crippen molar-refractivity contribution >= 4 is 22.4 Å². The van der Waals surface area contributed by atoms with Crippen molar-refractivity contribution < 1.29 is 4.74 Å². The van der Waals surface area contributed by atoms with Gasteiger partial charge in [0.25, 0.3) is 0 Å². The van der Waals surface area contributed by atoms with Crippen LogP contribution in [0.25, 0.3) is 16.4 Å². The summed E-state index contributed by atoms with van der Waals surface area (Å²) in [6.07, 6.45) is 4.29. The van der Waals surface area contributed by atoms with Gasteiger partial charge in [-0.15, -0.1) is 0 Å². The SMILES string of the molecule is COc1cccc2c1nc(N)n1nc(Cc3cccnc3)cc21. The van der Waals surface area contributed by atoms with Gasteiger partial charge in [-0.25, -0.2) is 4.98 Å². The molecule has 23 heavy (non-hydrogen) atoms. The first-order chi connectivity index (χ1) is 11.3. The van der Waals surface area contributed by atoms with E-state index in [4.69, 9.17) is 10.5 Å². The summed E-state index contributed by atoms with van der Waals surface area (Å²) in [6, 6.07) is 11.8. The standard InChI is InChI=1S/C17H15N5O/c1-23-15-6-2-5-13-14-9-12(8-11-4-3-7-19-10-11)21-22(14)17(18)20-16(13)15/h2-7,9-10H,8H2,1H3,(H2,18,20). The third-order valence-corrected chi connectivity index (χ3v) is 3.81. The highest BCUT2D eigenvalue weighted by Crippen LogP contribution is 2.28. The Labute approximate surface area is 132 Å². The number of methoxy groups -OCH3 is 1. The fourth-order valence-electron chi connectivity index (χ4n) is 2.77. The summed E-state index contributed by atoms with van der Waals surface area (Å²) in [7, 11) is 1.63. The fraction of sp³-hybridized carbons (Fsp3) is 0.118. The number of benzene rings is 1. The average molecular weight is 305 g/mol. The normalized spacial score (nSPS) is 11.2. The predicted octanol–water partition coefficient (Wildman–Crippen LogP) is 2.46. The van der Waals surface area contributed by atoms with Gasteiger partial charge in [-0.2, -0.15) is 9.61 Å². The van der Waals surface area contributed by atoms with Crippen LogP contribution in [-0.2, 0) is 6.42 Å². The van der Waals surface area contributed by atoms with Crippen molar-refractivity contribution in [3.8, 4) is 5.75 Å². The Balaban J connectivity index is 1.91. The minimum atomic E-state index is 0.342. The zero-order valence-electron chi connectivity index (χ0n) is 12.6. The molecule has 0 aliphatic carbocycles. The fourth-order valence-corrected chi connectivity index (χ4v) is 2.77. The summed E-state index contributed by atoms with van der Waals surface area (Å²) in [6.45, 7) is 0. The molecule has 4 rings (SSSR count). The second kappa shape index (κ2) is 5.24. The molecule has 3 aromatic heterocycles. The van der Waals surface area contributed by atoms with Crippen LogP contribution in [0.5, 0.6) is 5.75 Å². The molecule has 0 aliphatic rings. The molecule has 4 aromatic rings. The van der Waals surface area contributed by atoms with Crippen LogP contribution in [0.3, 0.4) is 0 Å². The van der Waals surface area contributed by atoms with Gasteiger partial charge >= 0.3 is 0 Å². The van der Waals surface area contributed by atoms with Crippen LogP contribution >= 0.6 is 0 Å². The molecule has 0 saturated carbocycles. The van der Waals surface area contributed by atoms with Gasteiger partial charge in [0.05, 0.1) is 18.3 Å². The Morgan fingerprint density at radius 1 is 1.22 bits per heavy atom. The molecule has 0 radical (unpaired) electrons. The highest BCUT2D eigenvalue weighted by Gasteiger charge is 2.13. The highest BCUT2D eigenvalue weighted by molar-refractivity contribution is 5.97. The zero-order chi connectivity index (χ0) is 15.8. The molecular weight excluding hydrogens is 290 g/mol. The molecular formula is C17H15N5O. The molecule has 0 amide bonds. The number of nitrogens with two attached hydrogens (primary N) is 1. The van der Waals surface area contributed by atoms with Crippen molar-refractivity contribution in [3.05, 3.63) is 60.0 Å². The second-order valence-corrected chi connectivity index (χ2v) is 5.30. The summed E-state index contributed by atoms with van der Waals surface area (Å²) in [5.41, 5.74) is 9.76. The molecule has 0 atom stereocenters. The topological polar surface area (TPSA) is 78.3 Å². The van der Waals surface area contributed by atoms with Gasteiger partial charge in [0.1, 0.15) is 11.3 Å². The van der Waals surface area contributed by atoms with Crippen molar-refractivity contribution in [2.75, 3.05) is 12.8 Å². The Morgan fingerprint density at radius 3 is 2.91 bits per heavy atom. The minimum absolute atomic E-state index is 0.342. The maximum absolute atomic E-state index is 6.07. The third kappa shape index (κ3) is 2.24. The predicted molar refractivity (Wildman–Crippen MR) is 88.5 cm³/mol. The van der Waals surface area contributed by atoms with Crippen molar-refractivity contribution in [1.29, 1.82) is 0 Å². The second-order valence-electron chi connectivity index (χ2n) is 5.30. The molecule has 114 valence electrons. The summed E-state index contributed by atoms with van der Waals surface area (Å²) < 4.78 is 7.05. The number of para-hydroxylation sites is 1. The largest absolute Gasteiger partial charge is 0.494 e. The first-order valence-corrected chi connectivity index (χ1v) is 7.26. The lowest BCUT2D eigenvalue weighted by Crippen LogP contribution is -2.03. The lowest BCUT2D eigenvalue weighted by molar-refractivity contribution is 0.419. The Bertz CT molecular complexity index is 994. The van der Waals surface area contributed by atoms with Crippen LogP contribution in [-0.4, -0.2) is 26.7 Å². The van der Waals surface area contributed by atoms with Crippen LogP contribution in [0.15, 0.2) is 48.8 Å². The Hall–Kier alpha value is -3.15. The van der Waals surface area contributed by atoms with E-state index < -0.39 is 0 Å². The van der Waals surface area contributed by atoms with Crippen LogP contribution < -0.4 is 10.5 Å². The molecule has 6 nitrogen and oxygen atoms in total. The van der Waals surface area contributed by atoms with E-state index in [2.05, 4.69) is 15.1 Å². The summed E-state index contributed by atoms with van der Waals surface area (Å²) >= 11 is 0. The maximum atomic E-state index is 6.07. The number of anilines is 1. The third-order valence-electron chi connectivity index (χ3n) is 3.81. The van der Waals surface area contributed by atoms with E-state index in [1.807, 2.05) is 42.6 Å². The number of hydrogen-bond acceptors (Lipinski definition) is 5. The monoisotopic (exact) mass is 305 g/mol. The number of fused-ring (bicyclic) bond motifs is 3. The van der Waals surface area contributed by atoms with Crippen molar-refractivity contribution in [2.45, 2.75) is 6.42 Å². The lowest BCUT2D eigenvalue weighted by Gasteiger charge is -2.07. The van der Waals surface area contributed by atoms with E-state index in [-0.39, 0.29) is 0 Å². The van der Waals surface area contributed by atoms with E-state index in [9.17, 15) is 0 Å². The van der Waals surface area contributed by atoms with Crippen LogP contribution in [0.1, 0.15) is 11.3 Å². The van der Waals surface area contributed by atoms with Crippen molar-refractivity contribution in [2.24, 2.45) is 0 Å². The molecule has 0 bridgehead atoms. The van der Waals surface area contributed by atoms with Gasteiger partial charge in [-0.3, -0.25) is 4.98 Å². The first-order valence-electron chi connectivity index (χ1n) is 7.26. The zero-order valence-corrected chi connectivity index (χ0v) is 12.6. The van der Waals surface area contributed by atoms with Gasteiger partial charge in [0.2, 0.25) is 5.95 Å². The number of ether oxygens (including phenoxy) is 1. The molecule has 0 spiro atoms. The lowest BCUT2D eigenvalue weighted by atomic mass is 10.1. The molecule has 0 saturated heterocycles. The maximum Gasteiger partial charge on any atom is 0.222 e. The molecule has 6 heteroatoms. The number of pyridine rings is 1. The van der Waals surface area contributed by atoms with E-state index in [1.54, 1.807) is 17.8 Å². The van der Waals surface area contributed by atoms with Gasteiger partial charge in [0, 0.05) is 24.2 Å². The van der Waals surface area contributed by atoms with Crippen LogP contribution in [0.4, 0.5) is 5.95 Å². The molecule has 0 aliphatic heterocycles. The summed E-state index contributed by atoms with van der Waals surface area (Å²) in [4.78, 5) is 8.57. The molecule has 0 unspecified atom stereocenters. The number of hydrogen-bond donors (Lipinski definition) is 1. The average Bonchev–Trinajstić information content (AvgIpc) is 3.00. The van der Waals surface area contributed by atoms with E-state index in [0.29, 0.717) is 18.1 Å². The Kier molecular flexibility index (Phi) is 3.08. The van der Waals surface area contributed by atoms with Gasteiger partial charge in [-0.1, -0.05) is 18.2 Å². The number of nitrogens with zero attached hydrogens (tertiary/aromatic N) is 4.